The Morgan fingerprint density at radius 3 is 1.54 bits per heavy atom. The lowest BCUT2D eigenvalue weighted by Gasteiger charge is -2.44. The van der Waals surface area contributed by atoms with Crippen molar-refractivity contribution in [3.63, 3.8) is 0 Å². The van der Waals surface area contributed by atoms with E-state index < -0.39 is 0 Å². The second-order valence-corrected chi connectivity index (χ2v) is 15.9. The number of aromatic nitrogens is 2. The Balaban J connectivity index is 1.39. The second kappa shape index (κ2) is 10.3. The molecule has 0 N–H and O–H groups in total. The molecule has 0 unspecified atom stereocenters. The summed E-state index contributed by atoms with van der Waals surface area (Å²) in [4.78, 5) is 10.8. The Morgan fingerprint density at radius 2 is 0.896 bits per heavy atom. The minimum Gasteiger partial charge on any atom is -0.228 e. The molecule has 1 heterocycles. The standard InChI is InChI=1S/C46H44N2/c1-43(2)36-22-16-15-21-32(36)33-24-23-31(25-37(33)43)41-28-40(30-19-13-10-14-20-30)47-42(48-41)35-27-39-38(26-34(35)29-17-11-9-12-18-29)44(3,4)46(7,8)45(39,5)6/h9-28H,1-8H3. The highest BCUT2D eigenvalue weighted by Gasteiger charge is 2.57. The van der Waals surface area contributed by atoms with Crippen LogP contribution < -0.4 is 0 Å². The summed E-state index contributed by atoms with van der Waals surface area (Å²) in [7, 11) is 0. The largest absolute Gasteiger partial charge is 0.228 e. The average Bonchev–Trinajstić information content (AvgIpc) is 3.38. The quantitative estimate of drug-likeness (QED) is 0.195. The van der Waals surface area contributed by atoms with Crippen LogP contribution in [0, 0.1) is 5.41 Å². The van der Waals surface area contributed by atoms with Gasteiger partial charge in [0.15, 0.2) is 5.82 Å². The van der Waals surface area contributed by atoms with Crippen LogP contribution in [-0.2, 0) is 16.2 Å². The Bertz CT molecular complexity index is 2220. The molecule has 0 fully saturated rings. The molecule has 0 aliphatic heterocycles. The molecule has 238 valence electrons. The van der Waals surface area contributed by atoms with Crippen molar-refractivity contribution >= 4 is 0 Å². The Labute approximate surface area is 286 Å². The Morgan fingerprint density at radius 1 is 0.375 bits per heavy atom. The van der Waals surface area contributed by atoms with Crippen molar-refractivity contribution in [3.8, 4) is 56.2 Å². The van der Waals surface area contributed by atoms with Gasteiger partial charge in [0.2, 0.25) is 0 Å². The first-order valence-corrected chi connectivity index (χ1v) is 17.3. The molecule has 2 heteroatoms. The van der Waals surface area contributed by atoms with Gasteiger partial charge in [0.25, 0.3) is 0 Å². The molecule has 5 aromatic carbocycles. The zero-order valence-corrected chi connectivity index (χ0v) is 29.4. The predicted molar refractivity (Wildman–Crippen MR) is 201 cm³/mol. The van der Waals surface area contributed by atoms with Crippen molar-refractivity contribution < 1.29 is 0 Å². The van der Waals surface area contributed by atoms with Crippen LogP contribution in [0.4, 0.5) is 0 Å². The molecule has 0 amide bonds. The molecule has 2 aliphatic carbocycles. The lowest BCUT2D eigenvalue weighted by Crippen LogP contribution is -2.42. The number of fused-ring (bicyclic) bond motifs is 4. The SMILES string of the molecule is CC1(C)c2ccccc2-c2ccc(-c3cc(-c4ccccc4)nc(-c4cc5c(cc4-c4ccccc4)C(C)(C)C(C)(C)C5(C)C)n3)cc21. The molecule has 0 bridgehead atoms. The molecule has 0 saturated carbocycles. The fourth-order valence-corrected chi connectivity index (χ4v) is 8.47. The van der Waals surface area contributed by atoms with Crippen LogP contribution in [0.25, 0.3) is 56.2 Å². The highest BCUT2D eigenvalue weighted by molar-refractivity contribution is 5.86. The van der Waals surface area contributed by atoms with Gasteiger partial charge in [-0.25, -0.2) is 9.97 Å². The van der Waals surface area contributed by atoms with Crippen LogP contribution in [0.3, 0.4) is 0 Å². The molecule has 1 aromatic heterocycles. The Hall–Kier alpha value is -4.82. The number of benzene rings is 5. The maximum absolute atomic E-state index is 5.44. The molecule has 0 spiro atoms. The maximum Gasteiger partial charge on any atom is 0.161 e. The fourth-order valence-electron chi connectivity index (χ4n) is 8.47. The van der Waals surface area contributed by atoms with Gasteiger partial charge in [0, 0.05) is 22.1 Å². The lowest BCUT2D eigenvalue weighted by atomic mass is 9.59. The summed E-state index contributed by atoms with van der Waals surface area (Å²) in [5.41, 5.74) is 15.6. The summed E-state index contributed by atoms with van der Waals surface area (Å²) in [6, 6.07) is 44.1. The summed E-state index contributed by atoms with van der Waals surface area (Å²) < 4.78 is 0. The van der Waals surface area contributed by atoms with Crippen molar-refractivity contribution in [2.24, 2.45) is 5.41 Å². The zero-order valence-electron chi connectivity index (χ0n) is 29.4. The first kappa shape index (κ1) is 30.5. The topological polar surface area (TPSA) is 25.8 Å². The van der Waals surface area contributed by atoms with E-state index in [1.54, 1.807) is 0 Å². The van der Waals surface area contributed by atoms with Gasteiger partial charge in [-0.2, -0.15) is 0 Å². The van der Waals surface area contributed by atoms with E-state index in [0.717, 1.165) is 33.9 Å². The first-order valence-electron chi connectivity index (χ1n) is 17.3. The average molecular weight is 625 g/mol. The molecular weight excluding hydrogens is 581 g/mol. The van der Waals surface area contributed by atoms with Gasteiger partial charge in [0.1, 0.15) is 0 Å². The van der Waals surface area contributed by atoms with Crippen LogP contribution in [0.1, 0.15) is 77.6 Å². The molecular formula is C46H44N2. The van der Waals surface area contributed by atoms with Gasteiger partial charge >= 0.3 is 0 Å². The molecule has 2 nitrogen and oxygen atoms in total. The van der Waals surface area contributed by atoms with Crippen LogP contribution in [0.2, 0.25) is 0 Å². The zero-order chi connectivity index (χ0) is 33.6. The van der Waals surface area contributed by atoms with Gasteiger partial charge in [-0.1, -0.05) is 152 Å². The highest BCUT2D eigenvalue weighted by Crippen LogP contribution is 2.62. The predicted octanol–water partition coefficient (Wildman–Crippen LogP) is 12.0. The third-order valence-electron chi connectivity index (χ3n) is 12.6. The van der Waals surface area contributed by atoms with Crippen molar-refractivity contribution in [2.45, 2.75) is 71.6 Å². The number of hydrogen-bond acceptors (Lipinski definition) is 2. The molecule has 6 aromatic rings. The lowest BCUT2D eigenvalue weighted by molar-refractivity contribution is 0.125. The van der Waals surface area contributed by atoms with E-state index in [9.17, 15) is 0 Å². The summed E-state index contributed by atoms with van der Waals surface area (Å²) in [6.07, 6.45) is 0. The monoisotopic (exact) mass is 624 g/mol. The van der Waals surface area contributed by atoms with E-state index in [0.29, 0.717) is 0 Å². The Kier molecular flexibility index (Phi) is 6.57. The van der Waals surface area contributed by atoms with Gasteiger partial charge in [0.05, 0.1) is 11.4 Å². The van der Waals surface area contributed by atoms with Crippen molar-refractivity contribution in [2.75, 3.05) is 0 Å². The smallest absolute Gasteiger partial charge is 0.161 e. The molecule has 48 heavy (non-hydrogen) atoms. The normalized spacial score (nSPS) is 17.4. The van der Waals surface area contributed by atoms with Gasteiger partial charge in [-0.15, -0.1) is 0 Å². The summed E-state index contributed by atoms with van der Waals surface area (Å²) >= 11 is 0. The van der Waals surface area contributed by atoms with Gasteiger partial charge in [-0.05, 0) is 85.0 Å². The van der Waals surface area contributed by atoms with E-state index in [-0.39, 0.29) is 21.7 Å². The fraction of sp³-hybridized carbons (Fsp3) is 0.261. The van der Waals surface area contributed by atoms with Crippen LogP contribution in [0.15, 0.2) is 121 Å². The van der Waals surface area contributed by atoms with E-state index in [1.807, 2.05) is 0 Å². The molecule has 2 aliphatic rings. The van der Waals surface area contributed by atoms with E-state index in [4.69, 9.17) is 9.97 Å². The summed E-state index contributed by atoms with van der Waals surface area (Å²) in [5.74, 6) is 0.759. The summed E-state index contributed by atoms with van der Waals surface area (Å²) in [5, 5.41) is 0. The van der Waals surface area contributed by atoms with E-state index in [1.165, 1.54) is 44.5 Å². The number of rotatable bonds is 4. The first-order chi connectivity index (χ1) is 22.8. The van der Waals surface area contributed by atoms with Crippen molar-refractivity contribution in [1.82, 2.24) is 9.97 Å². The van der Waals surface area contributed by atoms with Crippen molar-refractivity contribution in [3.05, 3.63) is 144 Å². The van der Waals surface area contributed by atoms with Gasteiger partial charge < -0.3 is 0 Å². The van der Waals surface area contributed by atoms with Crippen LogP contribution >= 0.6 is 0 Å². The number of nitrogens with zero attached hydrogens (tertiary/aromatic N) is 2. The van der Waals surface area contributed by atoms with Crippen LogP contribution in [-0.4, -0.2) is 9.97 Å². The second-order valence-electron chi connectivity index (χ2n) is 15.9. The molecule has 0 atom stereocenters. The highest BCUT2D eigenvalue weighted by atomic mass is 14.9. The van der Waals surface area contributed by atoms with E-state index >= 15 is 0 Å². The third-order valence-corrected chi connectivity index (χ3v) is 12.6. The number of hydrogen-bond donors (Lipinski definition) is 0. The minimum absolute atomic E-state index is 0.0133. The minimum atomic E-state index is -0.0916. The van der Waals surface area contributed by atoms with Crippen LogP contribution in [0.5, 0.6) is 0 Å². The van der Waals surface area contributed by atoms with Crippen molar-refractivity contribution in [1.29, 1.82) is 0 Å². The van der Waals surface area contributed by atoms with Gasteiger partial charge in [-0.3, -0.25) is 0 Å². The maximum atomic E-state index is 5.44. The molecule has 0 radical (unpaired) electrons. The van der Waals surface area contributed by atoms with E-state index in [2.05, 4.69) is 177 Å². The molecule has 0 saturated heterocycles. The summed E-state index contributed by atoms with van der Waals surface area (Å²) in [6.45, 7) is 19.2. The third kappa shape index (κ3) is 4.24. The molecule has 8 rings (SSSR count).